The van der Waals surface area contributed by atoms with Gasteiger partial charge in [-0.05, 0) is 37.0 Å². The predicted molar refractivity (Wildman–Crippen MR) is 76.4 cm³/mol. The van der Waals surface area contributed by atoms with Crippen molar-refractivity contribution in [2.24, 2.45) is 5.92 Å². The van der Waals surface area contributed by atoms with Crippen molar-refractivity contribution in [1.82, 2.24) is 0 Å². The summed E-state index contributed by atoms with van der Waals surface area (Å²) in [7, 11) is 2.18. The lowest BCUT2D eigenvalue weighted by molar-refractivity contribution is 0.504. The molecule has 0 amide bonds. The van der Waals surface area contributed by atoms with E-state index in [1.807, 2.05) is 0 Å². The van der Waals surface area contributed by atoms with Crippen molar-refractivity contribution < 1.29 is 0 Å². The van der Waals surface area contributed by atoms with Gasteiger partial charge in [0.2, 0.25) is 0 Å². The summed E-state index contributed by atoms with van der Waals surface area (Å²) in [5.74, 6) is 0.749. The quantitative estimate of drug-likeness (QED) is 0.722. The summed E-state index contributed by atoms with van der Waals surface area (Å²) in [6.07, 6.45) is 1.23. The Morgan fingerprint density at radius 1 is 1.12 bits per heavy atom. The fraction of sp³-hybridized carbons (Fsp3) is 0.571. The van der Waals surface area contributed by atoms with Gasteiger partial charge in [0.15, 0.2) is 0 Å². The van der Waals surface area contributed by atoms with Crippen molar-refractivity contribution in [1.29, 1.82) is 0 Å². The first-order valence-corrected chi connectivity index (χ1v) is 7.04. The van der Waals surface area contributed by atoms with Crippen LogP contribution in [0.2, 0.25) is 0 Å². The number of hydrogen-bond donors (Lipinski definition) is 0. The van der Waals surface area contributed by atoms with E-state index in [0.29, 0.717) is 6.04 Å². The average Bonchev–Trinajstić information content (AvgIpc) is 2.27. The molecule has 0 N–H and O–H groups in total. The third kappa shape index (κ3) is 3.82. The third-order valence-electron chi connectivity index (χ3n) is 2.97. The van der Waals surface area contributed by atoms with Gasteiger partial charge >= 0.3 is 0 Å². The maximum atomic E-state index is 3.47. The molecule has 0 aromatic heterocycles. The fourth-order valence-corrected chi connectivity index (χ4v) is 2.29. The molecule has 1 rings (SSSR count). The summed E-state index contributed by atoms with van der Waals surface area (Å²) < 4.78 is 0. The molecular formula is C14H22BrN. The zero-order valence-electron chi connectivity index (χ0n) is 10.7. The van der Waals surface area contributed by atoms with Crippen molar-refractivity contribution in [3.63, 3.8) is 0 Å². The molecule has 1 aromatic carbocycles. The maximum Gasteiger partial charge on any atom is 0.0366 e. The molecule has 1 unspecified atom stereocenters. The molecule has 0 heterocycles. The van der Waals surface area contributed by atoms with Gasteiger partial charge in [0, 0.05) is 24.1 Å². The topological polar surface area (TPSA) is 3.24 Å². The molecule has 0 aliphatic carbocycles. The first-order valence-electron chi connectivity index (χ1n) is 5.92. The van der Waals surface area contributed by atoms with Gasteiger partial charge < -0.3 is 4.90 Å². The van der Waals surface area contributed by atoms with Crippen LogP contribution in [0.1, 0.15) is 32.8 Å². The van der Waals surface area contributed by atoms with Crippen molar-refractivity contribution >= 4 is 21.6 Å². The average molecular weight is 284 g/mol. The molecule has 1 nitrogen and oxygen atoms in total. The zero-order chi connectivity index (χ0) is 12.1. The third-order valence-corrected chi connectivity index (χ3v) is 3.62. The summed E-state index contributed by atoms with van der Waals surface area (Å²) in [6.45, 7) is 6.84. The molecule has 2 heteroatoms. The van der Waals surface area contributed by atoms with Crippen LogP contribution in [0.5, 0.6) is 0 Å². The normalized spacial score (nSPS) is 12.9. The van der Waals surface area contributed by atoms with Gasteiger partial charge in [0.05, 0.1) is 0 Å². The summed E-state index contributed by atoms with van der Waals surface area (Å²) in [5.41, 5.74) is 2.63. The van der Waals surface area contributed by atoms with Gasteiger partial charge in [0.1, 0.15) is 0 Å². The Balaban J connectivity index is 2.67. The lowest BCUT2D eigenvalue weighted by Crippen LogP contribution is -2.29. The van der Waals surface area contributed by atoms with Gasteiger partial charge in [-0.3, -0.25) is 0 Å². The van der Waals surface area contributed by atoms with E-state index in [1.165, 1.54) is 17.7 Å². The Labute approximate surface area is 108 Å². The highest BCUT2D eigenvalue weighted by Gasteiger charge is 2.11. The molecule has 0 radical (unpaired) electrons. The van der Waals surface area contributed by atoms with E-state index >= 15 is 0 Å². The lowest BCUT2D eigenvalue weighted by atomic mass is 10.0. The smallest absolute Gasteiger partial charge is 0.0366 e. The number of rotatable bonds is 5. The summed E-state index contributed by atoms with van der Waals surface area (Å²) in [5, 5.41) is 0.929. The molecule has 0 spiro atoms. The number of nitrogens with zero attached hydrogens (tertiary/aromatic N) is 1. The Morgan fingerprint density at radius 3 is 2.12 bits per heavy atom. The van der Waals surface area contributed by atoms with Crippen molar-refractivity contribution in [2.45, 2.75) is 38.6 Å². The molecule has 0 bridgehead atoms. The predicted octanol–water partition coefficient (Wildman–Crippen LogP) is 4.45. The van der Waals surface area contributed by atoms with E-state index in [0.717, 1.165) is 11.2 Å². The van der Waals surface area contributed by atoms with Crippen molar-refractivity contribution in [3.8, 4) is 0 Å². The number of hydrogen-bond acceptors (Lipinski definition) is 1. The molecular weight excluding hydrogens is 262 g/mol. The van der Waals surface area contributed by atoms with Gasteiger partial charge in [-0.25, -0.2) is 0 Å². The first-order chi connectivity index (χ1) is 7.54. The zero-order valence-corrected chi connectivity index (χ0v) is 12.3. The van der Waals surface area contributed by atoms with Crippen LogP contribution in [0.4, 0.5) is 5.69 Å². The van der Waals surface area contributed by atoms with Gasteiger partial charge in [-0.2, -0.15) is 0 Å². The molecule has 0 saturated carbocycles. The Morgan fingerprint density at radius 2 is 1.69 bits per heavy atom. The second kappa shape index (κ2) is 6.29. The molecule has 0 saturated heterocycles. The monoisotopic (exact) mass is 283 g/mol. The summed E-state index contributed by atoms with van der Waals surface area (Å²) in [4.78, 5) is 2.36. The number of benzene rings is 1. The van der Waals surface area contributed by atoms with Crippen LogP contribution in [0.15, 0.2) is 24.3 Å². The summed E-state index contributed by atoms with van der Waals surface area (Å²) >= 11 is 3.47. The second-order valence-corrected chi connectivity index (χ2v) is 5.45. The molecule has 16 heavy (non-hydrogen) atoms. The molecule has 1 aromatic rings. The Bertz CT molecular complexity index is 305. The van der Waals surface area contributed by atoms with Crippen LogP contribution in [-0.4, -0.2) is 13.1 Å². The van der Waals surface area contributed by atoms with Crippen LogP contribution in [-0.2, 0) is 5.33 Å². The number of anilines is 1. The van der Waals surface area contributed by atoms with Crippen LogP contribution in [0, 0.1) is 5.92 Å². The minimum atomic E-state index is 0.592. The molecule has 1 atom stereocenters. The van der Waals surface area contributed by atoms with Gasteiger partial charge in [-0.15, -0.1) is 0 Å². The van der Waals surface area contributed by atoms with E-state index in [-0.39, 0.29) is 0 Å². The van der Waals surface area contributed by atoms with Crippen molar-refractivity contribution in [2.75, 3.05) is 11.9 Å². The van der Waals surface area contributed by atoms with E-state index in [2.05, 4.69) is 72.9 Å². The highest BCUT2D eigenvalue weighted by Crippen LogP contribution is 2.20. The molecule has 90 valence electrons. The Kier molecular flexibility index (Phi) is 5.33. The second-order valence-electron chi connectivity index (χ2n) is 4.89. The standard InChI is InChI=1S/C14H22BrN/c1-11(2)9-12(3)16(4)14-7-5-13(10-15)6-8-14/h5-8,11-12H,9-10H2,1-4H3. The minimum Gasteiger partial charge on any atom is -0.372 e. The van der Waals surface area contributed by atoms with Crippen molar-refractivity contribution in [3.05, 3.63) is 29.8 Å². The first kappa shape index (κ1) is 13.6. The lowest BCUT2D eigenvalue weighted by Gasteiger charge is -2.28. The summed E-state index contributed by atoms with van der Waals surface area (Å²) in [6, 6.07) is 9.36. The maximum absolute atomic E-state index is 3.47. The highest BCUT2D eigenvalue weighted by atomic mass is 79.9. The van der Waals surface area contributed by atoms with E-state index in [1.54, 1.807) is 0 Å². The van der Waals surface area contributed by atoms with Crippen LogP contribution >= 0.6 is 15.9 Å². The molecule has 0 aliphatic heterocycles. The SMILES string of the molecule is CC(C)CC(C)N(C)c1ccc(CBr)cc1. The van der Waals surface area contributed by atoms with E-state index in [9.17, 15) is 0 Å². The van der Waals surface area contributed by atoms with E-state index < -0.39 is 0 Å². The minimum absolute atomic E-state index is 0.592. The van der Waals surface area contributed by atoms with Gasteiger partial charge in [-0.1, -0.05) is 41.9 Å². The molecule has 0 aliphatic rings. The van der Waals surface area contributed by atoms with E-state index in [4.69, 9.17) is 0 Å². The fourth-order valence-electron chi connectivity index (χ4n) is 1.91. The largest absolute Gasteiger partial charge is 0.372 e. The molecule has 0 fully saturated rings. The van der Waals surface area contributed by atoms with Crippen LogP contribution in [0.25, 0.3) is 0 Å². The highest BCUT2D eigenvalue weighted by molar-refractivity contribution is 9.08. The number of halogens is 1. The Hall–Kier alpha value is -0.500. The van der Waals surface area contributed by atoms with Crippen LogP contribution < -0.4 is 4.90 Å². The van der Waals surface area contributed by atoms with Gasteiger partial charge in [0.25, 0.3) is 0 Å². The van der Waals surface area contributed by atoms with Crippen LogP contribution in [0.3, 0.4) is 0 Å². The number of alkyl halides is 1.